The van der Waals surface area contributed by atoms with Gasteiger partial charge in [0.25, 0.3) is 0 Å². The fraction of sp³-hybridized carbons (Fsp3) is 0.385. The molecule has 0 saturated heterocycles. The summed E-state index contributed by atoms with van der Waals surface area (Å²) in [5, 5.41) is 3.21. The molecule has 0 nitrogen and oxygen atoms in total. The third kappa shape index (κ3) is 2.88. The minimum absolute atomic E-state index is 0.0833. The first-order chi connectivity index (χ1) is 12.5. The Morgan fingerprint density at radius 2 is 1.41 bits per heavy atom. The minimum Gasteiger partial charge on any atom is -0.0733 e. The molecule has 142 valence electrons. The average molecular weight is 375 g/mol. The highest BCUT2D eigenvalue weighted by molar-refractivity contribution is 7.04. The van der Waals surface area contributed by atoms with Gasteiger partial charge in [0.15, 0.2) is 0 Å². The molecule has 2 aromatic carbocycles. The Morgan fingerprint density at radius 3 is 1.93 bits per heavy atom. The largest absolute Gasteiger partial charge is 0.128 e. The van der Waals surface area contributed by atoms with Crippen LogP contribution in [0, 0.1) is 27.7 Å². The summed E-state index contributed by atoms with van der Waals surface area (Å²) in [6.07, 6.45) is 2.57. The van der Waals surface area contributed by atoms with Gasteiger partial charge in [-0.2, -0.15) is 0 Å². The van der Waals surface area contributed by atoms with Crippen molar-refractivity contribution in [1.29, 1.82) is 0 Å². The zero-order chi connectivity index (χ0) is 20.1. The highest BCUT2D eigenvalue weighted by atomic mass is 28.3. The quantitative estimate of drug-likeness (QED) is 0.564. The molecule has 2 atom stereocenters. The summed E-state index contributed by atoms with van der Waals surface area (Å²) in [6.45, 7) is 21.1. The van der Waals surface area contributed by atoms with Crippen molar-refractivity contribution < 1.29 is 0 Å². The van der Waals surface area contributed by atoms with Crippen molar-refractivity contribution in [3.8, 4) is 0 Å². The second kappa shape index (κ2) is 6.63. The van der Waals surface area contributed by atoms with Gasteiger partial charge in [-0.15, -0.1) is 0 Å². The van der Waals surface area contributed by atoms with E-state index in [1.165, 1.54) is 33.4 Å². The number of hydrogen-bond donors (Lipinski definition) is 0. The van der Waals surface area contributed by atoms with E-state index in [1.54, 1.807) is 15.9 Å². The van der Waals surface area contributed by atoms with Crippen LogP contribution in [0.2, 0.25) is 11.6 Å². The van der Waals surface area contributed by atoms with Crippen LogP contribution in [-0.4, -0.2) is 8.07 Å². The molecule has 1 aliphatic carbocycles. The third-order valence-corrected chi connectivity index (χ3v) is 13.1. The molecule has 1 aliphatic rings. The molecule has 0 N–H and O–H groups in total. The third-order valence-electron chi connectivity index (χ3n) is 7.42. The topological polar surface area (TPSA) is 0 Å². The molecule has 3 rings (SSSR count). The predicted octanol–water partition coefficient (Wildman–Crippen LogP) is 6.17. The lowest BCUT2D eigenvalue weighted by Crippen LogP contribution is -2.64. The summed E-state index contributed by atoms with van der Waals surface area (Å²) in [5.41, 5.74) is 10.1. The van der Waals surface area contributed by atoms with E-state index in [9.17, 15) is 0 Å². The fourth-order valence-corrected chi connectivity index (χ4v) is 10.5. The predicted molar refractivity (Wildman–Crippen MR) is 123 cm³/mol. The van der Waals surface area contributed by atoms with Crippen LogP contribution in [0.3, 0.4) is 0 Å². The average Bonchev–Trinajstić information content (AvgIpc) is 2.80. The molecule has 1 heteroatoms. The Bertz CT molecular complexity index is 955. The van der Waals surface area contributed by atoms with Gasteiger partial charge < -0.3 is 0 Å². The zero-order valence-corrected chi connectivity index (χ0v) is 19.5. The van der Waals surface area contributed by atoms with Gasteiger partial charge >= 0.3 is 0 Å². The van der Waals surface area contributed by atoms with E-state index in [2.05, 4.69) is 104 Å². The first kappa shape index (κ1) is 19.9. The van der Waals surface area contributed by atoms with Gasteiger partial charge in [0.2, 0.25) is 0 Å². The molecule has 27 heavy (non-hydrogen) atoms. The maximum Gasteiger partial charge on any atom is 0.128 e. The molecule has 0 fully saturated rings. The van der Waals surface area contributed by atoms with Crippen LogP contribution < -0.4 is 10.4 Å². The van der Waals surface area contributed by atoms with E-state index < -0.39 is 8.07 Å². The first-order valence-electron chi connectivity index (χ1n) is 10.1. The number of rotatable bonds is 3. The molecule has 2 aromatic rings. The first-order valence-corrected chi connectivity index (χ1v) is 12.6. The molecule has 0 aromatic heterocycles. The van der Waals surface area contributed by atoms with Crippen molar-refractivity contribution in [2.45, 2.75) is 67.0 Å². The molecule has 2 unspecified atom stereocenters. The summed E-state index contributed by atoms with van der Waals surface area (Å²) in [5.74, 6) is 0. The number of hydrogen-bond acceptors (Lipinski definition) is 0. The monoisotopic (exact) mass is 374 g/mol. The van der Waals surface area contributed by atoms with Gasteiger partial charge in [-0.3, -0.25) is 0 Å². The van der Waals surface area contributed by atoms with Crippen LogP contribution in [-0.2, 0) is 0 Å². The Labute approximate surface area is 167 Å². The maximum absolute atomic E-state index is 2.59. The zero-order valence-electron chi connectivity index (χ0n) is 18.5. The molecular formula is C26H34Si. The van der Waals surface area contributed by atoms with Crippen molar-refractivity contribution in [2.24, 2.45) is 0 Å². The smallest absolute Gasteiger partial charge is 0.0733 e. The molecule has 0 spiro atoms. The SMILES string of the molecule is CC1=CC(C)([Si](C)(c2cc(C)cc(C)c2)c2cccc(C)c2C)C(C)=C1C. The second-order valence-electron chi connectivity index (χ2n) is 9.03. The second-order valence-corrected chi connectivity index (χ2v) is 13.4. The van der Waals surface area contributed by atoms with Crippen LogP contribution in [0.25, 0.3) is 0 Å². The van der Waals surface area contributed by atoms with Crippen molar-refractivity contribution in [3.63, 3.8) is 0 Å². The molecule has 0 heterocycles. The summed E-state index contributed by atoms with van der Waals surface area (Å²) in [7, 11) is -2.11. The van der Waals surface area contributed by atoms with Crippen LogP contribution >= 0.6 is 0 Å². The van der Waals surface area contributed by atoms with E-state index in [0.717, 1.165) is 0 Å². The highest BCUT2D eigenvalue weighted by Crippen LogP contribution is 2.53. The molecule has 0 radical (unpaired) electrons. The molecular weight excluding hydrogens is 340 g/mol. The van der Waals surface area contributed by atoms with Crippen molar-refractivity contribution >= 4 is 18.4 Å². The Kier molecular flexibility index (Phi) is 4.89. The summed E-state index contributed by atoms with van der Waals surface area (Å²) < 4.78 is 0. The number of aryl methyl sites for hydroxylation is 3. The van der Waals surface area contributed by atoms with Gasteiger partial charge in [0.1, 0.15) is 8.07 Å². The Balaban J connectivity index is 2.44. The van der Waals surface area contributed by atoms with Gasteiger partial charge in [0.05, 0.1) is 0 Å². The lowest BCUT2D eigenvalue weighted by Gasteiger charge is -2.45. The summed E-state index contributed by atoms with van der Waals surface area (Å²) in [6, 6.07) is 14.1. The maximum atomic E-state index is 2.59. The lowest BCUT2D eigenvalue weighted by atomic mass is 10.0. The van der Waals surface area contributed by atoms with Crippen molar-refractivity contribution in [3.05, 3.63) is 81.4 Å². The number of allylic oxidation sites excluding steroid dienone is 4. The standard InChI is InChI=1S/C26H34Si/c1-17-13-18(2)15-24(14-17)27(9,25-12-10-11-19(3)22(25)6)26(8)16-20(4)21(5)23(26)7/h10-16H,1-9H3. The Hall–Kier alpha value is -1.86. The van der Waals surface area contributed by atoms with Crippen molar-refractivity contribution in [2.75, 3.05) is 0 Å². The van der Waals surface area contributed by atoms with Crippen LogP contribution in [0.5, 0.6) is 0 Å². The molecule has 0 aliphatic heterocycles. The summed E-state index contributed by atoms with van der Waals surface area (Å²) >= 11 is 0. The van der Waals surface area contributed by atoms with Gasteiger partial charge in [-0.25, -0.2) is 0 Å². The molecule has 0 amide bonds. The fourth-order valence-electron chi connectivity index (χ4n) is 5.15. The molecule has 0 saturated carbocycles. The lowest BCUT2D eigenvalue weighted by molar-refractivity contribution is 0.864. The van der Waals surface area contributed by atoms with Gasteiger partial charge in [-0.1, -0.05) is 88.6 Å². The number of benzene rings is 2. The van der Waals surface area contributed by atoms with E-state index in [4.69, 9.17) is 0 Å². The van der Waals surface area contributed by atoms with E-state index in [-0.39, 0.29) is 5.04 Å². The molecule has 0 bridgehead atoms. The van der Waals surface area contributed by atoms with E-state index in [1.807, 2.05) is 0 Å². The van der Waals surface area contributed by atoms with E-state index >= 15 is 0 Å². The van der Waals surface area contributed by atoms with Crippen molar-refractivity contribution in [1.82, 2.24) is 0 Å². The highest BCUT2D eigenvalue weighted by Gasteiger charge is 2.52. The summed E-state index contributed by atoms with van der Waals surface area (Å²) in [4.78, 5) is 0. The van der Waals surface area contributed by atoms with Crippen LogP contribution in [0.4, 0.5) is 0 Å². The van der Waals surface area contributed by atoms with Gasteiger partial charge in [0, 0.05) is 5.04 Å². The Morgan fingerprint density at radius 1 is 0.815 bits per heavy atom. The van der Waals surface area contributed by atoms with Crippen LogP contribution in [0.15, 0.2) is 59.2 Å². The van der Waals surface area contributed by atoms with Gasteiger partial charge in [-0.05, 0) is 65.2 Å². The van der Waals surface area contributed by atoms with E-state index in [0.29, 0.717) is 0 Å². The van der Waals surface area contributed by atoms with Crippen LogP contribution in [0.1, 0.15) is 49.9 Å². The minimum atomic E-state index is -2.11. The normalized spacial score (nSPS) is 22.0.